The van der Waals surface area contributed by atoms with Crippen LogP contribution >= 0.6 is 12.2 Å². The highest BCUT2D eigenvalue weighted by Gasteiger charge is 2.27. The Hall–Kier alpha value is -0.640. The van der Waals surface area contributed by atoms with E-state index in [0.29, 0.717) is 18.0 Å². The lowest BCUT2D eigenvalue weighted by molar-refractivity contribution is -0.134. The van der Waals surface area contributed by atoms with Gasteiger partial charge >= 0.3 is 0 Å². The van der Waals surface area contributed by atoms with Gasteiger partial charge in [-0.1, -0.05) is 33.0 Å². The third-order valence-corrected chi connectivity index (χ3v) is 3.19. The summed E-state index contributed by atoms with van der Waals surface area (Å²) in [5, 5.41) is 0. The van der Waals surface area contributed by atoms with E-state index in [4.69, 9.17) is 18.0 Å². The summed E-state index contributed by atoms with van der Waals surface area (Å²) in [6.45, 7) is 7.82. The number of likely N-dealkylation sites (tertiary alicyclic amines) is 1. The molecule has 1 rings (SSSR count). The molecular weight excluding hydrogens is 220 g/mol. The number of amides is 1. The van der Waals surface area contributed by atoms with Gasteiger partial charge in [-0.05, 0) is 18.3 Å². The lowest BCUT2D eigenvalue weighted by Crippen LogP contribution is -2.44. The average Bonchev–Trinajstić information content (AvgIpc) is 2.15. The van der Waals surface area contributed by atoms with Crippen molar-refractivity contribution in [1.82, 2.24) is 4.90 Å². The predicted octanol–water partition coefficient (Wildman–Crippen LogP) is 1.95. The topological polar surface area (TPSA) is 46.3 Å². The Morgan fingerprint density at radius 1 is 1.50 bits per heavy atom. The number of rotatable bonds is 2. The van der Waals surface area contributed by atoms with E-state index < -0.39 is 0 Å². The quantitative estimate of drug-likeness (QED) is 0.753. The predicted molar refractivity (Wildman–Crippen MR) is 70.2 cm³/mol. The summed E-state index contributed by atoms with van der Waals surface area (Å²) < 4.78 is 0. The molecule has 1 fully saturated rings. The molecule has 1 amide bonds. The van der Waals surface area contributed by atoms with Gasteiger partial charge in [0.1, 0.15) is 0 Å². The minimum absolute atomic E-state index is 0.0489. The van der Waals surface area contributed by atoms with E-state index >= 15 is 0 Å². The van der Waals surface area contributed by atoms with Crippen LogP contribution in [0.5, 0.6) is 0 Å². The van der Waals surface area contributed by atoms with E-state index in [1.165, 1.54) is 0 Å². The van der Waals surface area contributed by atoms with Gasteiger partial charge in [0, 0.05) is 25.4 Å². The highest BCUT2D eigenvalue weighted by molar-refractivity contribution is 7.80. The first-order chi connectivity index (χ1) is 7.29. The number of hydrogen-bond donors (Lipinski definition) is 1. The van der Waals surface area contributed by atoms with Gasteiger partial charge < -0.3 is 10.6 Å². The van der Waals surface area contributed by atoms with Gasteiger partial charge in [0.05, 0.1) is 4.99 Å². The maximum atomic E-state index is 12.0. The molecular formula is C12H22N2OS. The number of piperidine rings is 1. The summed E-state index contributed by atoms with van der Waals surface area (Å²) >= 11 is 5.00. The normalized spacial score (nSPS) is 21.9. The number of nitrogens with zero attached hydrogens (tertiary/aromatic N) is 1. The summed E-state index contributed by atoms with van der Waals surface area (Å²) in [6, 6.07) is 0. The monoisotopic (exact) mass is 242 g/mol. The highest BCUT2D eigenvalue weighted by atomic mass is 32.1. The van der Waals surface area contributed by atoms with Crippen molar-refractivity contribution in [2.45, 2.75) is 40.0 Å². The second-order valence-corrected chi connectivity index (χ2v) is 6.29. The molecule has 1 atom stereocenters. The molecule has 0 aliphatic carbocycles. The van der Waals surface area contributed by atoms with E-state index in [0.717, 1.165) is 19.4 Å². The van der Waals surface area contributed by atoms with Crippen LogP contribution in [0.25, 0.3) is 0 Å². The van der Waals surface area contributed by atoms with Crippen LogP contribution in [0.3, 0.4) is 0 Å². The van der Waals surface area contributed by atoms with Crippen LogP contribution in [0.4, 0.5) is 0 Å². The zero-order valence-electron chi connectivity index (χ0n) is 10.5. The van der Waals surface area contributed by atoms with E-state index in [-0.39, 0.29) is 17.2 Å². The van der Waals surface area contributed by atoms with Crippen molar-refractivity contribution in [2.24, 2.45) is 17.1 Å². The molecule has 0 aromatic rings. The average molecular weight is 242 g/mol. The van der Waals surface area contributed by atoms with E-state index in [2.05, 4.69) is 20.8 Å². The Bertz CT molecular complexity index is 283. The zero-order chi connectivity index (χ0) is 12.3. The van der Waals surface area contributed by atoms with Gasteiger partial charge in [-0.2, -0.15) is 0 Å². The lowest BCUT2D eigenvalue weighted by atomic mass is 9.90. The van der Waals surface area contributed by atoms with Crippen molar-refractivity contribution in [1.29, 1.82) is 0 Å². The molecule has 2 N–H and O–H groups in total. The van der Waals surface area contributed by atoms with Gasteiger partial charge in [-0.25, -0.2) is 0 Å². The summed E-state index contributed by atoms with van der Waals surface area (Å²) in [6.07, 6.45) is 2.63. The van der Waals surface area contributed by atoms with Crippen LogP contribution in [-0.4, -0.2) is 28.9 Å². The number of nitrogens with two attached hydrogens (primary N) is 1. The zero-order valence-corrected chi connectivity index (χ0v) is 11.3. The molecule has 0 aromatic carbocycles. The number of carbonyl (C=O) groups excluding carboxylic acids is 1. The molecule has 1 aliphatic rings. The van der Waals surface area contributed by atoms with Crippen molar-refractivity contribution in [3.05, 3.63) is 0 Å². The first kappa shape index (κ1) is 13.4. The Morgan fingerprint density at radius 3 is 2.62 bits per heavy atom. The second kappa shape index (κ2) is 5.13. The largest absolute Gasteiger partial charge is 0.393 e. The molecule has 0 spiro atoms. The Morgan fingerprint density at radius 2 is 2.12 bits per heavy atom. The van der Waals surface area contributed by atoms with Crippen LogP contribution in [0.15, 0.2) is 0 Å². The van der Waals surface area contributed by atoms with Crippen LogP contribution in [-0.2, 0) is 4.79 Å². The first-order valence-corrected chi connectivity index (χ1v) is 6.27. The molecule has 0 saturated carbocycles. The Kier molecular flexibility index (Phi) is 4.30. The second-order valence-electron chi connectivity index (χ2n) is 5.82. The Balaban J connectivity index is 2.54. The van der Waals surface area contributed by atoms with Crippen LogP contribution < -0.4 is 5.73 Å². The van der Waals surface area contributed by atoms with Gasteiger partial charge in [0.15, 0.2) is 0 Å². The molecule has 0 bridgehead atoms. The van der Waals surface area contributed by atoms with Gasteiger partial charge in [-0.3, -0.25) is 4.79 Å². The summed E-state index contributed by atoms with van der Waals surface area (Å²) in [7, 11) is 0. The molecule has 1 unspecified atom stereocenters. The van der Waals surface area contributed by atoms with Gasteiger partial charge in [0.2, 0.25) is 5.91 Å². The fourth-order valence-electron chi connectivity index (χ4n) is 2.00. The molecule has 1 heterocycles. The van der Waals surface area contributed by atoms with Crippen molar-refractivity contribution in [3.8, 4) is 0 Å². The maximum Gasteiger partial charge on any atom is 0.223 e. The van der Waals surface area contributed by atoms with Gasteiger partial charge in [0.25, 0.3) is 0 Å². The minimum Gasteiger partial charge on any atom is -0.393 e. The maximum absolute atomic E-state index is 12.0. The molecule has 0 radical (unpaired) electrons. The number of carbonyl (C=O) groups is 1. The summed E-state index contributed by atoms with van der Waals surface area (Å²) in [4.78, 5) is 14.5. The molecule has 1 aliphatic heterocycles. The van der Waals surface area contributed by atoms with Crippen molar-refractivity contribution in [2.75, 3.05) is 13.1 Å². The van der Waals surface area contributed by atoms with Crippen LogP contribution in [0.2, 0.25) is 0 Å². The molecule has 1 saturated heterocycles. The SMILES string of the molecule is CC(C)(C)CC(=O)N1CCCC(C(N)=S)C1. The van der Waals surface area contributed by atoms with Crippen LogP contribution in [0, 0.1) is 11.3 Å². The minimum atomic E-state index is 0.0489. The first-order valence-electron chi connectivity index (χ1n) is 5.87. The molecule has 0 aromatic heterocycles. The molecule has 16 heavy (non-hydrogen) atoms. The standard InChI is InChI=1S/C12H22N2OS/c1-12(2,3)7-10(15)14-6-4-5-9(8-14)11(13)16/h9H,4-8H2,1-3H3,(H2,13,16). The fourth-order valence-corrected chi connectivity index (χ4v) is 2.19. The number of hydrogen-bond acceptors (Lipinski definition) is 2. The van der Waals surface area contributed by atoms with E-state index in [1.807, 2.05) is 4.90 Å². The van der Waals surface area contributed by atoms with Gasteiger partial charge in [-0.15, -0.1) is 0 Å². The molecule has 92 valence electrons. The highest BCUT2D eigenvalue weighted by Crippen LogP contribution is 2.23. The summed E-state index contributed by atoms with van der Waals surface area (Å²) in [5.74, 6) is 0.445. The molecule has 3 nitrogen and oxygen atoms in total. The van der Waals surface area contributed by atoms with Crippen molar-refractivity contribution >= 4 is 23.1 Å². The number of thiocarbonyl (C=S) groups is 1. The Labute approximate surface area is 103 Å². The summed E-state index contributed by atoms with van der Waals surface area (Å²) in [5.41, 5.74) is 5.70. The molecule has 4 heteroatoms. The van der Waals surface area contributed by atoms with Crippen molar-refractivity contribution in [3.63, 3.8) is 0 Å². The van der Waals surface area contributed by atoms with E-state index in [1.54, 1.807) is 0 Å². The third kappa shape index (κ3) is 4.08. The van der Waals surface area contributed by atoms with Crippen LogP contribution in [0.1, 0.15) is 40.0 Å². The smallest absolute Gasteiger partial charge is 0.223 e. The third-order valence-electron chi connectivity index (χ3n) is 2.86. The fraction of sp³-hybridized carbons (Fsp3) is 0.833. The van der Waals surface area contributed by atoms with Crippen molar-refractivity contribution < 1.29 is 4.79 Å². The van der Waals surface area contributed by atoms with E-state index in [9.17, 15) is 4.79 Å². The lowest BCUT2D eigenvalue weighted by Gasteiger charge is -2.34.